The number of carbonyl (C=O) groups is 1. The highest BCUT2D eigenvalue weighted by Gasteiger charge is 2.28. The SMILES string of the molecule is CCCC1CCCCN1CCCC(C)(N)C(=O)O. The Morgan fingerprint density at radius 3 is 2.83 bits per heavy atom. The predicted molar refractivity (Wildman–Crippen MR) is 73.6 cm³/mol. The standard InChI is InChI=1S/C14H28N2O2/c1-3-7-12-8-4-5-10-16(12)11-6-9-14(2,15)13(17)18/h12H,3-11,15H2,1-2H3,(H,17,18). The molecule has 2 atom stereocenters. The molecule has 1 saturated heterocycles. The third-order valence-electron chi connectivity index (χ3n) is 4.00. The van der Waals surface area contributed by atoms with Gasteiger partial charge in [0.1, 0.15) is 5.54 Å². The number of hydrogen-bond donors (Lipinski definition) is 2. The lowest BCUT2D eigenvalue weighted by Gasteiger charge is -2.36. The molecule has 1 rings (SSSR count). The molecule has 1 fully saturated rings. The van der Waals surface area contributed by atoms with Crippen LogP contribution in [0, 0.1) is 0 Å². The summed E-state index contributed by atoms with van der Waals surface area (Å²) in [6.45, 7) is 5.99. The Balaban J connectivity index is 2.34. The molecule has 0 aliphatic carbocycles. The summed E-state index contributed by atoms with van der Waals surface area (Å²) in [4.78, 5) is 13.5. The Hall–Kier alpha value is -0.610. The van der Waals surface area contributed by atoms with E-state index in [9.17, 15) is 4.79 Å². The van der Waals surface area contributed by atoms with Gasteiger partial charge in [0.25, 0.3) is 0 Å². The molecule has 0 spiro atoms. The van der Waals surface area contributed by atoms with Crippen molar-refractivity contribution in [2.75, 3.05) is 13.1 Å². The number of likely N-dealkylation sites (tertiary alicyclic amines) is 1. The van der Waals surface area contributed by atoms with E-state index >= 15 is 0 Å². The lowest BCUT2D eigenvalue weighted by Crippen LogP contribution is -2.46. The number of nitrogens with zero attached hydrogens (tertiary/aromatic N) is 1. The number of aliphatic carboxylic acids is 1. The molecule has 106 valence electrons. The summed E-state index contributed by atoms with van der Waals surface area (Å²) >= 11 is 0. The van der Waals surface area contributed by atoms with Crippen molar-refractivity contribution in [1.29, 1.82) is 0 Å². The first-order valence-electron chi connectivity index (χ1n) is 7.23. The van der Waals surface area contributed by atoms with Crippen LogP contribution < -0.4 is 5.73 Å². The van der Waals surface area contributed by atoms with Crippen LogP contribution in [0.3, 0.4) is 0 Å². The Kier molecular flexibility index (Phi) is 6.09. The number of piperidine rings is 1. The van der Waals surface area contributed by atoms with Gasteiger partial charge in [-0.1, -0.05) is 19.8 Å². The lowest BCUT2D eigenvalue weighted by atomic mass is 9.95. The lowest BCUT2D eigenvalue weighted by molar-refractivity contribution is -0.143. The molecule has 1 aliphatic heterocycles. The molecule has 0 aromatic carbocycles. The van der Waals surface area contributed by atoms with Crippen LogP contribution in [0.15, 0.2) is 0 Å². The molecular weight excluding hydrogens is 228 g/mol. The van der Waals surface area contributed by atoms with Crippen molar-refractivity contribution in [3.05, 3.63) is 0 Å². The summed E-state index contributed by atoms with van der Waals surface area (Å²) in [5.41, 5.74) is 4.68. The number of rotatable bonds is 7. The zero-order chi connectivity index (χ0) is 13.6. The molecule has 0 radical (unpaired) electrons. The maximum absolute atomic E-state index is 10.9. The molecule has 3 N–H and O–H groups in total. The van der Waals surface area contributed by atoms with Gasteiger partial charge in [-0.05, 0) is 52.1 Å². The van der Waals surface area contributed by atoms with Crippen LogP contribution >= 0.6 is 0 Å². The Labute approximate surface area is 111 Å². The molecular formula is C14H28N2O2. The molecule has 4 nitrogen and oxygen atoms in total. The van der Waals surface area contributed by atoms with E-state index in [-0.39, 0.29) is 0 Å². The summed E-state index contributed by atoms with van der Waals surface area (Å²) in [5, 5.41) is 8.98. The average Bonchev–Trinajstić information content (AvgIpc) is 2.31. The van der Waals surface area contributed by atoms with Crippen LogP contribution in [0.25, 0.3) is 0 Å². The second-order valence-corrected chi connectivity index (χ2v) is 5.80. The van der Waals surface area contributed by atoms with Gasteiger partial charge in [0.15, 0.2) is 0 Å². The van der Waals surface area contributed by atoms with Gasteiger partial charge in [-0.25, -0.2) is 0 Å². The summed E-state index contributed by atoms with van der Waals surface area (Å²) in [5.74, 6) is -0.897. The quantitative estimate of drug-likeness (QED) is 0.733. The minimum absolute atomic E-state index is 0.553. The van der Waals surface area contributed by atoms with Crippen LogP contribution in [0.2, 0.25) is 0 Å². The first-order valence-corrected chi connectivity index (χ1v) is 7.23. The van der Waals surface area contributed by atoms with Gasteiger partial charge < -0.3 is 15.7 Å². The maximum atomic E-state index is 10.9. The Bertz CT molecular complexity index is 265. The predicted octanol–water partition coefficient (Wildman–Crippen LogP) is 2.22. The fourth-order valence-electron chi connectivity index (χ4n) is 2.77. The van der Waals surface area contributed by atoms with Gasteiger partial charge >= 0.3 is 5.97 Å². The molecule has 0 amide bonds. The van der Waals surface area contributed by atoms with Crippen LogP contribution in [0.5, 0.6) is 0 Å². The van der Waals surface area contributed by atoms with E-state index in [2.05, 4.69) is 11.8 Å². The smallest absolute Gasteiger partial charge is 0.323 e. The highest BCUT2D eigenvalue weighted by Crippen LogP contribution is 2.21. The minimum atomic E-state index is -1.07. The molecule has 0 aromatic heterocycles. The topological polar surface area (TPSA) is 66.6 Å². The Morgan fingerprint density at radius 2 is 2.22 bits per heavy atom. The number of nitrogens with two attached hydrogens (primary N) is 1. The van der Waals surface area contributed by atoms with Crippen molar-refractivity contribution in [2.24, 2.45) is 5.73 Å². The van der Waals surface area contributed by atoms with Crippen molar-refractivity contribution >= 4 is 5.97 Å². The molecule has 1 heterocycles. The first kappa shape index (κ1) is 15.4. The van der Waals surface area contributed by atoms with Gasteiger partial charge in [0, 0.05) is 6.04 Å². The summed E-state index contributed by atoms with van der Waals surface area (Å²) < 4.78 is 0. The zero-order valence-electron chi connectivity index (χ0n) is 11.8. The fraction of sp³-hybridized carbons (Fsp3) is 0.929. The molecule has 2 unspecified atom stereocenters. The van der Waals surface area contributed by atoms with Crippen LogP contribution in [-0.2, 0) is 4.79 Å². The molecule has 4 heteroatoms. The number of carboxylic acids is 1. The molecule has 0 bridgehead atoms. The average molecular weight is 256 g/mol. The van der Waals surface area contributed by atoms with Crippen molar-refractivity contribution in [1.82, 2.24) is 4.90 Å². The van der Waals surface area contributed by atoms with Crippen LogP contribution in [0.4, 0.5) is 0 Å². The molecule has 1 aliphatic rings. The zero-order valence-corrected chi connectivity index (χ0v) is 11.8. The van der Waals surface area contributed by atoms with Crippen molar-refractivity contribution in [3.63, 3.8) is 0 Å². The third-order valence-corrected chi connectivity index (χ3v) is 4.00. The molecule has 0 saturated carbocycles. The second-order valence-electron chi connectivity index (χ2n) is 5.80. The summed E-state index contributed by atoms with van der Waals surface area (Å²) in [6, 6.07) is 0.706. The van der Waals surface area contributed by atoms with E-state index in [4.69, 9.17) is 10.8 Å². The highest BCUT2D eigenvalue weighted by molar-refractivity contribution is 5.77. The van der Waals surface area contributed by atoms with E-state index in [0.717, 1.165) is 13.0 Å². The largest absolute Gasteiger partial charge is 0.480 e. The van der Waals surface area contributed by atoms with Gasteiger partial charge in [0.05, 0.1) is 0 Å². The van der Waals surface area contributed by atoms with Crippen molar-refractivity contribution in [2.45, 2.75) is 70.4 Å². The monoisotopic (exact) mass is 256 g/mol. The van der Waals surface area contributed by atoms with E-state index in [1.807, 2.05) is 0 Å². The number of hydrogen-bond acceptors (Lipinski definition) is 3. The number of carboxylic acid groups (broad SMARTS) is 1. The second kappa shape index (κ2) is 7.10. The van der Waals surface area contributed by atoms with Gasteiger partial charge in [-0.15, -0.1) is 0 Å². The minimum Gasteiger partial charge on any atom is -0.480 e. The highest BCUT2D eigenvalue weighted by atomic mass is 16.4. The molecule has 0 aromatic rings. The van der Waals surface area contributed by atoms with Gasteiger partial charge in [0.2, 0.25) is 0 Å². The van der Waals surface area contributed by atoms with Crippen LogP contribution in [-0.4, -0.2) is 40.6 Å². The maximum Gasteiger partial charge on any atom is 0.323 e. The third kappa shape index (κ3) is 4.58. The van der Waals surface area contributed by atoms with E-state index in [1.165, 1.54) is 38.6 Å². The van der Waals surface area contributed by atoms with E-state index < -0.39 is 11.5 Å². The van der Waals surface area contributed by atoms with Gasteiger partial charge in [-0.3, -0.25) is 4.79 Å². The van der Waals surface area contributed by atoms with E-state index in [1.54, 1.807) is 6.92 Å². The van der Waals surface area contributed by atoms with E-state index in [0.29, 0.717) is 12.5 Å². The van der Waals surface area contributed by atoms with Crippen molar-refractivity contribution < 1.29 is 9.90 Å². The first-order chi connectivity index (χ1) is 8.47. The van der Waals surface area contributed by atoms with Crippen LogP contribution in [0.1, 0.15) is 58.8 Å². The Morgan fingerprint density at radius 1 is 1.50 bits per heavy atom. The summed E-state index contributed by atoms with van der Waals surface area (Å²) in [6.07, 6.45) is 7.83. The van der Waals surface area contributed by atoms with Crippen molar-refractivity contribution in [3.8, 4) is 0 Å². The molecule has 18 heavy (non-hydrogen) atoms. The fourth-order valence-corrected chi connectivity index (χ4v) is 2.77. The summed E-state index contributed by atoms with van der Waals surface area (Å²) in [7, 11) is 0. The van der Waals surface area contributed by atoms with Gasteiger partial charge in [-0.2, -0.15) is 0 Å². The normalized spacial score (nSPS) is 24.7.